The average Bonchev–Trinajstić information content (AvgIpc) is 2.75. The van der Waals surface area contributed by atoms with Crippen LogP contribution in [-0.4, -0.2) is 61.8 Å². The summed E-state index contributed by atoms with van der Waals surface area (Å²) in [5.74, 6) is 0.959. The van der Waals surface area contributed by atoms with Crippen molar-refractivity contribution in [1.82, 2.24) is 20.5 Å². The zero-order valence-electron chi connectivity index (χ0n) is 17.1. The minimum Gasteiger partial charge on any atom is -0.453 e. The molecule has 1 aromatic carbocycles. The summed E-state index contributed by atoms with van der Waals surface area (Å²) in [6.45, 7) is 8.38. The second kappa shape index (κ2) is 13.3. The first-order valence-corrected chi connectivity index (χ1v) is 9.93. The molecular formula is C21H29FIN5O2. The standard InChI is InChI=1S/C21H28FN5O2.HI/c1-2-24-21(25-8-9-27-10-12-28-13-11-27)26-15-17-5-6-20(19(22)14-17)29-18-4-3-7-23-16-18;/h3-7,14,16H,2,8-13,15H2,1H3,(H2,24,25,26);1H. The highest BCUT2D eigenvalue weighted by Gasteiger charge is 2.10. The van der Waals surface area contributed by atoms with Crippen molar-refractivity contribution in [3.8, 4) is 11.5 Å². The summed E-state index contributed by atoms with van der Waals surface area (Å²) in [5, 5.41) is 6.55. The number of morpholine rings is 1. The Hall–Kier alpha value is -1.98. The first-order chi connectivity index (χ1) is 14.2. The molecule has 1 aromatic heterocycles. The molecule has 0 spiro atoms. The fraction of sp³-hybridized carbons (Fsp3) is 0.429. The second-order valence-corrected chi connectivity index (χ2v) is 6.63. The Kier molecular flexibility index (Phi) is 10.8. The summed E-state index contributed by atoms with van der Waals surface area (Å²) in [6.07, 6.45) is 3.18. The van der Waals surface area contributed by atoms with Gasteiger partial charge in [0.2, 0.25) is 0 Å². The molecule has 0 unspecified atom stereocenters. The number of hydrogen-bond acceptors (Lipinski definition) is 5. The van der Waals surface area contributed by atoms with Crippen LogP contribution in [0.3, 0.4) is 0 Å². The Bertz CT molecular complexity index is 788. The number of rotatable bonds is 8. The van der Waals surface area contributed by atoms with Gasteiger partial charge in [-0.1, -0.05) is 6.07 Å². The first kappa shape index (κ1) is 24.3. The van der Waals surface area contributed by atoms with Crippen molar-refractivity contribution in [3.05, 3.63) is 54.1 Å². The maximum Gasteiger partial charge on any atom is 0.191 e. The van der Waals surface area contributed by atoms with Crippen LogP contribution in [-0.2, 0) is 11.3 Å². The van der Waals surface area contributed by atoms with Crippen LogP contribution >= 0.6 is 24.0 Å². The lowest BCUT2D eigenvalue weighted by Gasteiger charge is -2.26. The minimum atomic E-state index is -0.424. The molecule has 1 fully saturated rings. The van der Waals surface area contributed by atoms with Gasteiger partial charge >= 0.3 is 0 Å². The second-order valence-electron chi connectivity index (χ2n) is 6.63. The molecule has 2 aromatic rings. The summed E-state index contributed by atoms with van der Waals surface area (Å²) in [4.78, 5) is 10.9. The van der Waals surface area contributed by atoms with Crippen molar-refractivity contribution in [2.75, 3.05) is 45.9 Å². The van der Waals surface area contributed by atoms with Crippen LogP contribution in [0.25, 0.3) is 0 Å². The van der Waals surface area contributed by atoms with Gasteiger partial charge in [0.05, 0.1) is 26.0 Å². The summed E-state index contributed by atoms with van der Waals surface area (Å²) in [7, 11) is 0. The highest BCUT2D eigenvalue weighted by Crippen LogP contribution is 2.24. The van der Waals surface area contributed by atoms with Gasteiger partial charge < -0.3 is 20.1 Å². The topological polar surface area (TPSA) is 71.0 Å². The number of aromatic nitrogens is 1. The third kappa shape index (κ3) is 8.04. The smallest absolute Gasteiger partial charge is 0.191 e. The molecule has 30 heavy (non-hydrogen) atoms. The average molecular weight is 529 g/mol. The minimum absolute atomic E-state index is 0. The molecule has 0 aliphatic carbocycles. The van der Waals surface area contributed by atoms with E-state index < -0.39 is 5.82 Å². The number of guanidine groups is 1. The van der Waals surface area contributed by atoms with Crippen molar-refractivity contribution in [2.45, 2.75) is 13.5 Å². The van der Waals surface area contributed by atoms with Crippen molar-refractivity contribution in [2.24, 2.45) is 4.99 Å². The summed E-state index contributed by atoms with van der Waals surface area (Å²) < 4.78 is 25.3. The van der Waals surface area contributed by atoms with E-state index in [0.717, 1.165) is 57.5 Å². The van der Waals surface area contributed by atoms with Crippen molar-refractivity contribution in [3.63, 3.8) is 0 Å². The molecule has 0 atom stereocenters. The van der Waals surface area contributed by atoms with E-state index in [-0.39, 0.29) is 29.7 Å². The van der Waals surface area contributed by atoms with Gasteiger partial charge in [-0.15, -0.1) is 24.0 Å². The molecule has 0 bridgehead atoms. The molecule has 9 heteroatoms. The number of benzene rings is 1. The van der Waals surface area contributed by atoms with Crippen molar-refractivity contribution >= 4 is 29.9 Å². The molecule has 164 valence electrons. The lowest BCUT2D eigenvalue weighted by molar-refractivity contribution is 0.0389. The van der Waals surface area contributed by atoms with Crippen LogP contribution < -0.4 is 15.4 Å². The highest BCUT2D eigenvalue weighted by atomic mass is 127. The number of hydrogen-bond donors (Lipinski definition) is 2. The Morgan fingerprint density at radius 2 is 2.10 bits per heavy atom. The molecular weight excluding hydrogens is 500 g/mol. The van der Waals surface area contributed by atoms with Crippen LogP contribution in [0.4, 0.5) is 4.39 Å². The highest BCUT2D eigenvalue weighted by molar-refractivity contribution is 14.0. The van der Waals surface area contributed by atoms with Gasteiger partial charge in [-0.3, -0.25) is 9.88 Å². The molecule has 1 aliphatic rings. The number of ether oxygens (including phenoxy) is 2. The van der Waals surface area contributed by atoms with Gasteiger partial charge in [0.1, 0.15) is 5.75 Å². The molecule has 2 heterocycles. The maximum absolute atomic E-state index is 14.4. The van der Waals surface area contributed by atoms with Crippen molar-refractivity contribution < 1.29 is 13.9 Å². The lowest BCUT2D eigenvalue weighted by Crippen LogP contribution is -2.44. The fourth-order valence-corrected chi connectivity index (χ4v) is 2.93. The first-order valence-electron chi connectivity index (χ1n) is 9.93. The SMILES string of the molecule is CCNC(=NCc1ccc(Oc2cccnc2)c(F)c1)NCCN1CCOCC1.I. The van der Waals surface area contributed by atoms with Crippen LogP contribution in [0, 0.1) is 5.82 Å². The number of pyridine rings is 1. The molecule has 1 aliphatic heterocycles. The van der Waals surface area contributed by atoms with E-state index in [1.54, 1.807) is 30.6 Å². The Labute approximate surface area is 194 Å². The van der Waals surface area contributed by atoms with Gasteiger partial charge in [0.15, 0.2) is 17.5 Å². The predicted octanol–water partition coefficient (Wildman–Crippen LogP) is 3.02. The zero-order chi connectivity index (χ0) is 20.3. The van der Waals surface area contributed by atoms with Crippen LogP contribution in [0.15, 0.2) is 47.7 Å². The third-order valence-corrected chi connectivity index (χ3v) is 4.45. The van der Waals surface area contributed by atoms with E-state index in [0.29, 0.717) is 12.3 Å². The Morgan fingerprint density at radius 1 is 1.27 bits per heavy atom. The van der Waals surface area contributed by atoms with E-state index in [2.05, 4.69) is 25.5 Å². The quantitative estimate of drug-likeness (QED) is 0.312. The van der Waals surface area contributed by atoms with E-state index in [1.165, 1.54) is 6.07 Å². The molecule has 0 amide bonds. The number of halogens is 2. The number of nitrogens with one attached hydrogen (secondary N) is 2. The molecule has 1 saturated heterocycles. The van der Waals surface area contributed by atoms with Gasteiger partial charge in [0.25, 0.3) is 0 Å². The van der Waals surface area contributed by atoms with Gasteiger partial charge in [-0.2, -0.15) is 0 Å². The molecule has 2 N–H and O–H groups in total. The van der Waals surface area contributed by atoms with Crippen LogP contribution in [0.1, 0.15) is 12.5 Å². The van der Waals surface area contributed by atoms with E-state index >= 15 is 0 Å². The van der Waals surface area contributed by atoms with Gasteiger partial charge in [-0.25, -0.2) is 9.38 Å². The molecule has 0 radical (unpaired) electrons. The van der Waals surface area contributed by atoms with E-state index in [1.807, 2.05) is 13.0 Å². The predicted molar refractivity (Wildman–Crippen MR) is 126 cm³/mol. The fourth-order valence-electron chi connectivity index (χ4n) is 2.93. The Morgan fingerprint density at radius 3 is 2.80 bits per heavy atom. The largest absolute Gasteiger partial charge is 0.453 e. The summed E-state index contributed by atoms with van der Waals surface area (Å²) in [6, 6.07) is 8.36. The number of aliphatic imine (C=N–C) groups is 1. The normalized spacial score (nSPS) is 14.7. The maximum atomic E-state index is 14.4. The monoisotopic (exact) mass is 529 g/mol. The van der Waals surface area contributed by atoms with Crippen LogP contribution in [0.2, 0.25) is 0 Å². The van der Waals surface area contributed by atoms with Crippen molar-refractivity contribution in [1.29, 1.82) is 0 Å². The molecule has 0 saturated carbocycles. The van der Waals surface area contributed by atoms with E-state index in [4.69, 9.17) is 9.47 Å². The lowest BCUT2D eigenvalue weighted by atomic mass is 10.2. The molecule has 3 rings (SSSR count). The zero-order valence-corrected chi connectivity index (χ0v) is 19.5. The summed E-state index contributed by atoms with van der Waals surface area (Å²) >= 11 is 0. The summed E-state index contributed by atoms with van der Waals surface area (Å²) in [5.41, 5.74) is 0.770. The van der Waals surface area contributed by atoms with Gasteiger partial charge in [-0.05, 0) is 36.8 Å². The molecule has 7 nitrogen and oxygen atoms in total. The third-order valence-electron chi connectivity index (χ3n) is 4.45. The number of nitrogens with zero attached hydrogens (tertiary/aromatic N) is 3. The van der Waals surface area contributed by atoms with Gasteiger partial charge in [0, 0.05) is 38.9 Å². The van der Waals surface area contributed by atoms with E-state index in [9.17, 15) is 4.39 Å². The Balaban J connectivity index is 0.00000320. The van der Waals surface area contributed by atoms with Crippen LogP contribution in [0.5, 0.6) is 11.5 Å².